The summed E-state index contributed by atoms with van der Waals surface area (Å²) < 4.78 is 26.4. The minimum absolute atomic E-state index is 0.192. The largest absolute Gasteiger partial charge is 0.469 e. The molecule has 0 radical (unpaired) electrons. The van der Waals surface area contributed by atoms with Crippen LogP contribution >= 0.6 is 7.82 Å². The molecular formula is C48H87O8P. The average molecular weight is 823 g/mol. The minimum Gasteiger partial charge on any atom is -0.462 e. The number of allylic oxidation sites excluding steroid dienone is 8. The van der Waals surface area contributed by atoms with Gasteiger partial charge >= 0.3 is 19.8 Å². The molecule has 0 amide bonds. The number of phosphoric ester groups is 1. The molecule has 0 unspecified atom stereocenters. The van der Waals surface area contributed by atoms with Crippen LogP contribution in [0.25, 0.3) is 0 Å². The second-order valence-electron chi connectivity index (χ2n) is 15.7. The average Bonchev–Trinajstić information content (AvgIpc) is 3.18. The summed E-state index contributed by atoms with van der Waals surface area (Å²) in [5.41, 5.74) is 0. The van der Waals surface area contributed by atoms with Crippen LogP contribution in [0.4, 0.5) is 0 Å². The fourth-order valence-corrected chi connectivity index (χ4v) is 6.96. The molecule has 0 aromatic carbocycles. The number of carbonyl (C=O) groups excluding carboxylic acids is 2. The standard InChI is InChI=1S/C48H87O8P/c1-3-5-7-9-11-13-15-17-19-21-22-23-24-25-27-29-31-33-35-37-39-41-43-48(50)56-46(45-55-57(51,52)53)44-54-47(49)42-40-38-36-34-32-30-28-26-20-18-16-14-12-10-8-6-4-2/h12,14,18,20,28,30,34,36,46H,3-11,13,15-17,19,21-27,29,31-33,35,37-45H2,1-2H3,(H2,51,52,53)/b14-12+,20-18+,30-28+,36-34+/t46-/m1/s1. The van der Waals surface area contributed by atoms with E-state index in [0.717, 1.165) is 44.9 Å². The third kappa shape index (κ3) is 46.6. The predicted molar refractivity (Wildman–Crippen MR) is 239 cm³/mol. The predicted octanol–water partition coefficient (Wildman–Crippen LogP) is 14.7. The van der Waals surface area contributed by atoms with Crippen molar-refractivity contribution >= 4 is 19.8 Å². The van der Waals surface area contributed by atoms with E-state index in [1.54, 1.807) is 0 Å². The molecular weight excluding hydrogens is 735 g/mol. The van der Waals surface area contributed by atoms with E-state index in [4.69, 9.17) is 19.3 Å². The number of hydrogen-bond acceptors (Lipinski definition) is 6. The van der Waals surface area contributed by atoms with E-state index in [1.165, 1.54) is 141 Å². The van der Waals surface area contributed by atoms with Crippen LogP contribution < -0.4 is 0 Å². The molecule has 8 nitrogen and oxygen atoms in total. The molecule has 0 aliphatic heterocycles. The number of unbranched alkanes of at least 4 members (excludes halogenated alkanes) is 25. The molecule has 0 aliphatic rings. The van der Waals surface area contributed by atoms with Gasteiger partial charge in [0.2, 0.25) is 0 Å². The maximum absolute atomic E-state index is 12.4. The first-order chi connectivity index (χ1) is 27.8. The number of carbonyl (C=O) groups is 2. The lowest BCUT2D eigenvalue weighted by atomic mass is 10.0. The molecule has 0 aromatic rings. The first-order valence-corrected chi connectivity index (χ1v) is 25.0. The molecule has 2 N–H and O–H groups in total. The molecule has 0 saturated heterocycles. The van der Waals surface area contributed by atoms with Crippen LogP contribution in [0.15, 0.2) is 48.6 Å². The molecule has 0 bridgehead atoms. The Hall–Kier alpha value is -1.99. The maximum Gasteiger partial charge on any atom is 0.469 e. The van der Waals surface area contributed by atoms with Crippen molar-refractivity contribution in [3.8, 4) is 0 Å². The Bertz CT molecular complexity index is 1060. The van der Waals surface area contributed by atoms with Crippen LogP contribution in [0.5, 0.6) is 0 Å². The first-order valence-electron chi connectivity index (χ1n) is 23.4. The van der Waals surface area contributed by atoms with Crippen molar-refractivity contribution in [1.29, 1.82) is 0 Å². The maximum atomic E-state index is 12.4. The highest BCUT2D eigenvalue weighted by Crippen LogP contribution is 2.36. The van der Waals surface area contributed by atoms with E-state index in [-0.39, 0.29) is 19.4 Å². The first kappa shape index (κ1) is 55.0. The fourth-order valence-electron chi connectivity index (χ4n) is 6.60. The van der Waals surface area contributed by atoms with Crippen LogP contribution in [-0.4, -0.2) is 41.0 Å². The van der Waals surface area contributed by atoms with Gasteiger partial charge in [-0.15, -0.1) is 0 Å². The van der Waals surface area contributed by atoms with Gasteiger partial charge in [-0.1, -0.05) is 210 Å². The third-order valence-electron chi connectivity index (χ3n) is 10.1. The zero-order valence-corrected chi connectivity index (χ0v) is 37.6. The zero-order chi connectivity index (χ0) is 41.8. The van der Waals surface area contributed by atoms with E-state index in [2.05, 4.69) is 60.9 Å². The number of ether oxygens (including phenoxy) is 2. The summed E-state index contributed by atoms with van der Waals surface area (Å²) in [6.45, 7) is 3.64. The Morgan fingerprint density at radius 3 is 1.23 bits per heavy atom. The molecule has 9 heteroatoms. The van der Waals surface area contributed by atoms with Gasteiger partial charge in [-0.3, -0.25) is 14.1 Å². The summed E-state index contributed by atoms with van der Waals surface area (Å²) in [4.78, 5) is 42.9. The molecule has 0 saturated carbocycles. The molecule has 0 fully saturated rings. The van der Waals surface area contributed by atoms with Gasteiger partial charge in [-0.2, -0.15) is 0 Å². The van der Waals surface area contributed by atoms with Gasteiger partial charge in [-0.25, -0.2) is 4.57 Å². The smallest absolute Gasteiger partial charge is 0.462 e. The van der Waals surface area contributed by atoms with E-state index in [0.29, 0.717) is 12.8 Å². The normalized spacial score (nSPS) is 12.8. The van der Waals surface area contributed by atoms with Crippen molar-refractivity contribution in [3.05, 3.63) is 48.6 Å². The van der Waals surface area contributed by atoms with Crippen LogP contribution in [0.3, 0.4) is 0 Å². The highest BCUT2D eigenvalue weighted by molar-refractivity contribution is 7.46. The van der Waals surface area contributed by atoms with Crippen LogP contribution in [0.2, 0.25) is 0 Å². The zero-order valence-electron chi connectivity index (χ0n) is 36.7. The minimum atomic E-state index is -4.77. The summed E-state index contributed by atoms with van der Waals surface area (Å²) in [6, 6.07) is 0. The van der Waals surface area contributed by atoms with Crippen LogP contribution in [0, 0.1) is 0 Å². The Labute approximate surface area is 350 Å². The topological polar surface area (TPSA) is 119 Å². The van der Waals surface area contributed by atoms with Crippen molar-refractivity contribution in [1.82, 2.24) is 0 Å². The van der Waals surface area contributed by atoms with Gasteiger partial charge in [-0.05, 0) is 51.4 Å². The molecule has 0 aromatic heterocycles. The van der Waals surface area contributed by atoms with Crippen molar-refractivity contribution < 1.29 is 37.9 Å². The van der Waals surface area contributed by atoms with Gasteiger partial charge < -0.3 is 19.3 Å². The molecule has 0 heterocycles. The molecule has 332 valence electrons. The van der Waals surface area contributed by atoms with Crippen molar-refractivity contribution in [2.24, 2.45) is 0 Å². The molecule has 1 atom stereocenters. The quantitative estimate of drug-likeness (QED) is 0.0270. The van der Waals surface area contributed by atoms with E-state index in [9.17, 15) is 14.2 Å². The van der Waals surface area contributed by atoms with Gasteiger partial charge in [0.25, 0.3) is 0 Å². The second kappa shape index (κ2) is 43.6. The Morgan fingerprint density at radius 2 is 0.807 bits per heavy atom. The van der Waals surface area contributed by atoms with Crippen molar-refractivity contribution in [2.75, 3.05) is 13.2 Å². The molecule has 57 heavy (non-hydrogen) atoms. The summed E-state index contributed by atoms with van der Waals surface area (Å²) in [5.74, 6) is -0.943. The Kier molecular flexibility index (Phi) is 42.1. The monoisotopic (exact) mass is 823 g/mol. The van der Waals surface area contributed by atoms with Crippen LogP contribution in [0.1, 0.15) is 226 Å². The summed E-state index contributed by atoms with van der Waals surface area (Å²) in [7, 11) is -4.77. The number of phosphoric acid groups is 1. The van der Waals surface area contributed by atoms with Crippen LogP contribution in [-0.2, 0) is 28.2 Å². The second-order valence-corrected chi connectivity index (χ2v) is 17.0. The summed E-state index contributed by atoms with van der Waals surface area (Å²) in [5, 5.41) is 0. The number of rotatable bonds is 43. The van der Waals surface area contributed by atoms with E-state index >= 15 is 0 Å². The van der Waals surface area contributed by atoms with Gasteiger partial charge in [0.15, 0.2) is 6.10 Å². The Morgan fingerprint density at radius 1 is 0.456 bits per heavy atom. The molecule has 0 rings (SSSR count). The number of hydrogen-bond donors (Lipinski definition) is 2. The van der Waals surface area contributed by atoms with Gasteiger partial charge in [0.1, 0.15) is 6.61 Å². The lowest BCUT2D eigenvalue weighted by Crippen LogP contribution is -2.29. The third-order valence-corrected chi connectivity index (χ3v) is 10.6. The van der Waals surface area contributed by atoms with E-state index < -0.39 is 32.5 Å². The van der Waals surface area contributed by atoms with Gasteiger partial charge in [0, 0.05) is 12.8 Å². The van der Waals surface area contributed by atoms with Gasteiger partial charge in [0.05, 0.1) is 6.61 Å². The van der Waals surface area contributed by atoms with Crippen molar-refractivity contribution in [2.45, 2.75) is 232 Å². The molecule has 0 spiro atoms. The highest BCUT2D eigenvalue weighted by Gasteiger charge is 2.22. The fraction of sp³-hybridized carbons (Fsp3) is 0.792. The summed E-state index contributed by atoms with van der Waals surface area (Å²) >= 11 is 0. The SMILES string of the molecule is CCCCC/C=C/C/C=C/C/C=C/C/C=C/CCCC(=O)OC[C@H](COP(=O)(O)O)OC(=O)CCCCCCCCCCCCCCCCCCCCCCCC. The number of esters is 2. The Balaban J connectivity index is 3.90. The lowest BCUT2D eigenvalue weighted by molar-refractivity contribution is -0.161. The summed E-state index contributed by atoms with van der Waals surface area (Å²) in [6.07, 6.45) is 54.2. The van der Waals surface area contributed by atoms with Crippen molar-refractivity contribution in [3.63, 3.8) is 0 Å². The van der Waals surface area contributed by atoms with E-state index in [1.807, 2.05) is 6.08 Å². The lowest BCUT2D eigenvalue weighted by Gasteiger charge is -2.18. The molecule has 0 aliphatic carbocycles. The highest BCUT2D eigenvalue weighted by atomic mass is 31.2.